The summed E-state index contributed by atoms with van der Waals surface area (Å²) >= 11 is 0. The Hall–Kier alpha value is -2.17. The Kier molecular flexibility index (Phi) is 4.87. The van der Waals surface area contributed by atoms with E-state index in [1.165, 1.54) is 0 Å². The maximum atomic E-state index is 12.0. The van der Waals surface area contributed by atoms with E-state index in [1.54, 1.807) is 43.5 Å². The van der Waals surface area contributed by atoms with Gasteiger partial charge in [-0.3, -0.25) is 4.79 Å². The zero-order valence-electron chi connectivity index (χ0n) is 11.3. The van der Waals surface area contributed by atoms with Crippen LogP contribution in [0, 0.1) is 0 Å². The highest BCUT2D eigenvalue weighted by Crippen LogP contribution is 2.12. The third-order valence-corrected chi connectivity index (χ3v) is 2.92. The molecule has 0 aliphatic heterocycles. The molecule has 0 spiro atoms. The molecule has 1 amide bonds. The zero-order valence-corrected chi connectivity index (χ0v) is 11.3. The molecular formula is C16H17NO3. The number of carbonyl (C=O) groups excluding carboxylic acids is 1. The Morgan fingerprint density at radius 1 is 1.05 bits per heavy atom. The van der Waals surface area contributed by atoms with Gasteiger partial charge >= 0.3 is 0 Å². The monoisotopic (exact) mass is 271 g/mol. The van der Waals surface area contributed by atoms with Gasteiger partial charge in [0.05, 0.1) is 13.2 Å². The molecule has 0 atom stereocenters. The van der Waals surface area contributed by atoms with E-state index in [4.69, 9.17) is 9.84 Å². The van der Waals surface area contributed by atoms with E-state index < -0.39 is 0 Å². The Bertz CT molecular complexity index is 561. The summed E-state index contributed by atoms with van der Waals surface area (Å²) in [4.78, 5) is 12.0. The second kappa shape index (κ2) is 6.84. The van der Waals surface area contributed by atoms with E-state index in [2.05, 4.69) is 5.32 Å². The molecule has 20 heavy (non-hydrogen) atoms. The van der Waals surface area contributed by atoms with Gasteiger partial charge in [-0.05, 0) is 35.4 Å². The van der Waals surface area contributed by atoms with Crippen molar-refractivity contribution >= 4 is 11.6 Å². The van der Waals surface area contributed by atoms with Crippen LogP contribution < -0.4 is 5.32 Å². The van der Waals surface area contributed by atoms with Gasteiger partial charge in [0.1, 0.15) is 0 Å². The van der Waals surface area contributed by atoms with Crippen molar-refractivity contribution in [3.63, 3.8) is 0 Å². The number of benzene rings is 2. The van der Waals surface area contributed by atoms with Crippen molar-refractivity contribution < 1.29 is 14.6 Å². The van der Waals surface area contributed by atoms with Crippen molar-refractivity contribution in [3.8, 4) is 0 Å². The molecule has 2 aromatic carbocycles. The Labute approximate surface area is 118 Å². The third kappa shape index (κ3) is 3.66. The molecule has 2 rings (SSSR count). The predicted octanol–water partition coefficient (Wildman–Crippen LogP) is 2.58. The average molecular weight is 271 g/mol. The van der Waals surface area contributed by atoms with E-state index in [0.717, 1.165) is 11.1 Å². The lowest BCUT2D eigenvalue weighted by Gasteiger charge is -2.07. The molecule has 0 aliphatic rings. The molecule has 0 unspecified atom stereocenters. The third-order valence-electron chi connectivity index (χ3n) is 2.92. The quantitative estimate of drug-likeness (QED) is 0.878. The molecule has 0 aliphatic carbocycles. The van der Waals surface area contributed by atoms with Crippen LogP contribution in [0.25, 0.3) is 0 Å². The van der Waals surface area contributed by atoms with Gasteiger partial charge in [-0.2, -0.15) is 0 Å². The molecule has 0 aromatic heterocycles. The van der Waals surface area contributed by atoms with Crippen LogP contribution >= 0.6 is 0 Å². The summed E-state index contributed by atoms with van der Waals surface area (Å²) < 4.78 is 5.02. The van der Waals surface area contributed by atoms with Crippen LogP contribution in [0.3, 0.4) is 0 Å². The standard InChI is InChI=1S/C16H17NO3/c1-20-11-13-2-6-14(7-3-13)16(19)17-15-8-4-12(10-18)5-9-15/h2-9,18H,10-11H2,1H3,(H,17,19). The van der Waals surface area contributed by atoms with Crippen molar-refractivity contribution in [2.75, 3.05) is 12.4 Å². The van der Waals surface area contributed by atoms with Gasteiger partial charge < -0.3 is 15.2 Å². The molecule has 0 saturated carbocycles. The topological polar surface area (TPSA) is 58.6 Å². The van der Waals surface area contributed by atoms with Gasteiger partial charge in [0.15, 0.2) is 0 Å². The lowest BCUT2D eigenvalue weighted by Crippen LogP contribution is -2.11. The van der Waals surface area contributed by atoms with Gasteiger partial charge in [-0.1, -0.05) is 24.3 Å². The van der Waals surface area contributed by atoms with Gasteiger partial charge in [0, 0.05) is 18.4 Å². The SMILES string of the molecule is COCc1ccc(C(=O)Nc2ccc(CO)cc2)cc1. The first-order chi connectivity index (χ1) is 9.72. The van der Waals surface area contributed by atoms with E-state index in [0.29, 0.717) is 17.9 Å². The van der Waals surface area contributed by atoms with E-state index in [1.807, 2.05) is 12.1 Å². The molecule has 4 nitrogen and oxygen atoms in total. The van der Waals surface area contributed by atoms with Crippen LogP contribution in [0.1, 0.15) is 21.5 Å². The van der Waals surface area contributed by atoms with E-state index in [9.17, 15) is 4.79 Å². The number of nitrogens with one attached hydrogen (secondary N) is 1. The molecule has 0 radical (unpaired) electrons. The number of ether oxygens (including phenoxy) is 1. The number of aliphatic hydroxyl groups excluding tert-OH is 1. The molecule has 2 aromatic rings. The molecule has 4 heteroatoms. The second-order valence-electron chi connectivity index (χ2n) is 4.44. The van der Waals surface area contributed by atoms with Crippen molar-refractivity contribution in [1.82, 2.24) is 0 Å². The van der Waals surface area contributed by atoms with Gasteiger partial charge in [0.25, 0.3) is 5.91 Å². The lowest BCUT2D eigenvalue weighted by atomic mass is 10.1. The molecule has 2 N–H and O–H groups in total. The Morgan fingerprint density at radius 2 is 1.65 bits per heavy atom. The van der Waals surface area contributed by atoms with Crippen LogP contribution in [0.15, 0.2) is 48.5 Å². The van der Waals surface area contributed by atoms with Crippen LogP contribution in [0.2, 0.25) is 0 Å². The fourth-order valence-electron chi connectivity index (χ4n) is 1.82. The lowest BCUT2D eigenvalue weighted by molar-refractivity contribution is 0.102. The van der Waals surface area contributed by atoms with E-state index in [-0.39, 0.29) is 12.5 Å². The van der Waals surface area contributed by atoms with Gasteiger partial charge in [0.2, 0.25) is 0 Å². The van der Waals surface area contributed by atoms with Gasteiger partial charge in [-0.25, -0.2) is 0 Å². The summed E-state index contributed by atoms with van der Waals surface area (Å²) in [6, 6.07) is 14.4. The number of methoxy groups -OCH3 is 1. The number of anilines is 1. The summed E-state index contributed by atoms with van der Waals surface area (Å²) in [7, 11) is 1.64. The first-order valence-electron chi connectivity index (χ1n) is 6.32. The number of amides is 1. The molecule has 0 saturated heterocycles. The number of hydrogen-bond acceptors (Lipinski definition) is 3. The summed E-state index contributed by atoms with van der Waals surface area (Å²) in [6.45, 7) is 0.527. The highest BCUT2D eigenvalue weighted by atomic mass is 16.5. The van der Waals surface area contributed by atoms with Gasteiger partial charge in [-0.15, -0.1) is 0 Å². The number of rotatable bonds is 5. The predicted molar refractivity (Wildman–Crippen MR) is 77.5 cm³/mol. The molecule has 0 bridgehead atoms. The molecule has 0 fully saturated rings. The maximum Gasteiger partial charge on any atom is 0.255 e. The summed E-state index contributed by atoms with van der Waals surface area (Å²) in [5.74, 6) is -0.161. The van der Waals surface area contributed by atoms with Crippen molar-refractivity contribution in [2.24, 2.45) is 0 Å². The fraction of sp³-hybridized carbons (Fsp3) is 0.188. The Morgan fingerprint density at radius 3 is 2.20 bits per heavy atom. The van der Waals surface area contributed by atoms with Crippen LogP contribution in [-0.2, 0) is 18.0 Å². The Balaban J connectivity index is 2.03. The van der Waals surface area contributed by atoms with Crippen LogP contribution in [0.4, 0.5) is 5.69 Å². The highest BCUT2D eigenvalue weighted by molar-refractivity contribution is 6.04. The van der Waals surface area contributed by atoms with Crippen molar-refractivity contribution in [2.45, 2.75) is 13.2 Å². The van der Waals surface area contributed by atoms with Crippen LogP contribution in [0.5, 0.6) is 0 Å². The average Bonchev–Trinajstić information content (AvgIpc) is 2.49. The number of aliphatic hydroxyl groups is 1. The molecule has 0 heterocycles. The first kappa shape index (κ1) is 14.2. The minimum Gasteiger partial charge on any atom is -0.392 e. The summed E-state index contributed by atoms with van der Waals surface area (Å²) in [5, 5.41) is 11.8. The second-order valence-corrected chi connectivity index (χ2v) is 4.44. The molecule has 104 valence electrons. The maximum absolute atomic E-state index is 12.0. The smallest absolute Gasteiger partial charge is 0.255 e. The van der Waals surface area contributed by atoms with E-state index >= 15 is 0 Å². The summed E-state index contributed by atoms with van der Waals surface area (Å²) in [6.07, 6.45) is 0. The normalized spacial score (nSPS) is 10.3. The number of hydrogen-bond donors (Lipinski definition) is 2. The molecular weight excluding hydrogens is 254 g/mol. The minimum absolute atomic E-state index is 0.00477. The number of carbonyl (C=O) groups is 1. The zero-order chi connectivity index (χ0) is 14.4. The van der Waals surface area contributed by atoms with Crippen molar-refractivity contribution in [1.29, 1.82) is 0 Å². The fourth-order valence-corrected chi connectivity index (χ4v) is 1.82. The van der Waals surface area contributed by atoms with Crippen LogP contribution in [-0.4, -0.2) is 18.1 Å². The minimum atomic E-state index is -0.161. The van der Waals surface area contributed by atoms with Crippen molar-refractivity contribution in [3.05, 3.63) is 65.2 Å². The summed E-state index contributed by atoms with van der Waals surface area (Å²) in [5.41, 5.74) is 3.13. The highest BCUT2D eigenvalue weighted by Gasteiger charge is 2.06. The largest absolute Gasteiger partial charge is 0.392 e. The first-order valence-corrected chi connectivity index (χ1v) is 6.32.